The zero-order valence-electron chi connectivity index (χ0n) is 14.2. The van der Waals surface area contributed by atoms with E-state index in [9.17, 15) is 14.4 Å². The summed E-state index contributed by atoms with van der Waals surface area (Å²) in [4.78, 5) is 34.4. The monoisotopic (exact) mass is 346 g/mol. The number of esters is 2. The van der Waals surface area contributed by atoms with E-state index in [1.54, 1.807) is 31.2 Å². The van der Waals surface area contributed by atoms with Crippen molar-refractivity contribution in [3.8, 4) is 5.75 Å². The second-order valence-electron chi connectivity index (χ2n) is 5.20. The van der Waals surface area contributed by atoms with E-state index >= 15 is 0 Å². The van der Waals surface area contributed by atoms with E-state index in [2.05, 4.69) is 4.74 Å². The normalized spacial score (nSPS) is 10.2. The molecule has 0 N–H and O–H groups in total. The highest BCUT2D eigenvalue weighted by atomic mass is 16.6. The standard InChI is InChI=1S/C18H18O7/c1-11(19)13-4-6-14(7-5-13)23-10-17(20)24-9-15-8-16(12(2)25-15)18(21)22-3/h4-8H,9-10H2,1-3H3. The van der Waals surface area contributed by atoms with Gasteiger partial charge in [0.05, 0.1) is 7.11 Å². The number of carbonyl (C=O) groups excluding carboxylic acids is 3. The van der Waals surface area contributed by atoms with Gasteiger partial charge >= 0.3 is 11.9 Å². The minimum Gasteiger partial charge on any atom is -0.482 e. The molecule has 132 valence electrons. The van der Waals surface area contributed by atoms with Gasteiger partial charge in [0, 0.05) is 5.56 Å². The first-order valence-corrected chi connectivity index (χ1v) is 7.47. The van der Waals surface area contributed by atoms with Gasteiger partial charge in [0.25, 0.3) is 0 Å². The van der Waals surface area contributed by atoms with Crippen molar-refractivity contribution in [3.05, 3.63) is 53.0 Å². The number of ether oxygens (including phenoxy) is 3. The Hall–Kier alpha value is -3.09. The van der Waals surface area contributed by atoms with Crippen LogP contribution in [0.3, 0.4) is 0 Å². The van der Waals surface area contributed by atoms with Crippen molar-refractivity contribution in [3.63, 3.8) is 0 Å². The fraction of sp³-hybridized carbons (Fsp3) is 0.278. The van der Waals surface area contributed by atoms with Crippen LogP contribution in [0.15, 0.2) is 34.7 Å². The summed E-state index contributed by atoms with van der Waals surface area (Å²) in [7, 11) is 1.27. The Morgan fingerprint density at radius 1 is 1.12 bits per heavy atom. The van der Waals surface area contributed by atoms with Crippen LogP contribution in [-0.2, 0) is 20.9 Å². The van der Waals surface area contributed by atoms with E-state index in [1.165, 1.54) is 20.1 Å². The van der Waals surface area contributed by atoms with Gasteiger partial charge in [0.15, 0.2) is 12.4 Å². The van der Waals surface area contributed by atoms with Gasteiger partial charge in [-0.25, -0.2) is 9.59 Å². The lowest BCUT2D eigenvalue weighted by Crippen LogP contribution is -2.14. The molecule has 25 heavy (non-hydrogen) atoms. The number of hydrogen-bond acceptors (Lipinski definition) is 7. The fourth-order valence-electron chi connectivity index (χ4n) is 2.05. The van der Waals surface area contributed by atoms with Crippen LogP contribution in [0.25, 0.3) is 0 Å². The predicted octanol–water partition coefficient (Wildman–Crippen LogP) is 2.70. The molecule has 0 fully saturated rings. The quantitative estimate of drug-likeness (QED) is 0.562. The van der Waals surface area contributed by atoms with Crippen LogP contribution in [-0.4, -0.2) is 31.4 Å². The summed E-state index contributed by atoms with van der Waals surface area (Å²) in [6.07, 6.45) is 0. The second-order valence-corrected chi connectivity index (χ2v) is 5.20. The zero-order valence-corrected chi connectivity index (χ0v) is 14.2. The third-order valence-electron chi connectivity index (χ3n) is 3.37. The smallest absolute Gasteiger partial charge is 0.344 e. The van der Waals surface area contributed by atoms with Crippen LogP contribution in [0.5, 0.6) is 5.75 Å². The largest absolute Gasteiger partial charge is 0.482 e. The number of hydrogen-bond donors (Lipinski definition) is 0. The van der Waals surface area contributed by atoms with Crippen LogP contribution in [0.4, 0.5) is 0 Å². The van der Waals surface area contributed by atoms with Crippen LogP contribution in [0.1, 0.15) is 39.2 Å². The fourth-order valence-corrected chi connectivity index (χ4v) is 2.05. The summed E-state index contributed by atoms with van der Waals surface area (Å²) < 4.78 is 20.3. The van der Waals surface area contributed by atoms with Crippen molar-refractivity contribution >= 4 is 17.7 Å². The highest BCUT2D eigenvalue weighted by Crippen LogP contribution is 2.17. The molecule has 0 aliphatic carbocycles. The van der Waals surface area contributed by atoms with Crippen LogP contribution in [0, 0.1) is 6.92 Å². The first kappa shape index (κ1) is 18.3. The third-order valence-corrected chi connectivity index (χ3v) is 3.37. The Kier molecular flexibility index (Phi) is 5.94. The lowest BCUT2D eigenvalue weighted by atomic mass is 10.1. The van der Waals surface area contributed by atoms with Crippen LogP contribution >= 0.6 is 0 Å². The SMILES string of the molecule is COC(=O)c1cc(COC(=O)COc2ccc(C(C)=O)cc2)oc1C. The van der Waals surface area contributed by atoms with Gasteiger partial charge in [-0.2, -0.15) is 0 Å². The second kappa shape index (κ2) is 8.14. The summed E-state index contributed by atoms with van der Waals surface area (Å²) in [5, 5.41) is 0. The molecule has 0 radical (unpaired) electrons. The molecule has 1 heterocycles. The van der Waals surface area contributed by atoms with E-state index in [0.717, 1.165) is 0 Å². The number of benzene rings is 1. The molecule has 0 atom stereocenters. The Balaban J connectivity index is 1.82. The van der Waals surface area contributed by atoms with E-state index in [4.69, 9.17) is 13.9 Å². The molecule has 0 bridgehead atoms. The summed E-state index contributed by atoms with van der Waals surface area (Å²) >= 11 is 0. The van der Waals surface area contributed by atoms with E-state index in [0.29, 0.717) is 22.8 Å². The summed E-state index contributed by atoms with van der Waals surface area (Å²) in [5.74, 6) is 0.00653. The van der Waals surface area contributed by atoms with Gasteiger partial charge in [-0.1, -0.05) is 0 Å². The number of rotatable bonds is 7. The highest BCUT2D eigenvalue weighted by molar-refractivity contribution is 5.94. The summed E-state index contributed by atoms with van der Waals surface area (Å²) in [6, 6.07) is 7.90. The molecule has 7 heteroatoms. The van der Waals surface area contributed by atoms with Crippen molar-refractivity contribution in [2.45, 2.75) is 20.5 Å². The maximum atomic E-state index is 11.7. The number of methoxy groups -OCH3 is 1. The van der Waals surface area contributed by atoms with E-state index < -0.39 is 11.9 Å². The van der Waals surface area contributed by atoms with Gasteiger partial charge < -0.3 is 18.6 Å². The Morgan fingerprint density at radius 3 is 2.40 bits per heavy atom. The molecule has 1 aromatic carbocycles. The molecule has 0 aliphatic rings. The molecular formula is C18H18O7. The Morgan fingerprint density at radius 2 is 1.80 bits per heavy atom. The number of Topliss-reactive ketones (excluding diaryl/α,β-unsaturated/α-hetero) is 1. The molecule has 2 aromatic rings. The minimum absolute atomic E-state index is 0.0500. The molecule has 0 spiro atoms. The highest BCUT2D eigenvalue weighted by Gasteiger charge is 2.16. The molecule has 2 rings (SSSR count). The van der Waals surface area contributed by atoms with Crippen molar-refractivity contribution in [1.29, 1.82) is 0 Å². The summed E-state index contributed by atoms with van der Waals surface area (Å²) in [6.45, 7) is 2.67. The van der Waals surface area contributed by atoms with Gasteiger partial charge in [0.1, 0.15) is 29.4 Å². The number of furan rings is 1. The lowest BCUT2D eigenvalue weighted by Gasteiger charge is -2.06. The van der Waals surface area contributed by atoms with Crippen molar-refractivity contribution in [1.82, 2.24) is 0 Å². The third kappa shape index (κ3) is 4.94. The van der Waals surface area contributed by atoms with Crippen molar-refractivity contribution in [2.75, 3.05) is 13.7 Å². The molecule has 0 saturated carbocycles. The van der Waals surface area contributed by atoms with Crippen molar-refractivity contribution in [2.24, 2.45) is 0 Å². The Labute approximate surface area is 144 Å². The maximum absolute atomic E-state index is 11.7. The molecule has 0 amide bonds. The van der Waals surface area contributed by atoms with Crippen LogP contribution < -0.4 is 4.74 Å². The minimum atomic E-state index is -0.593. The molecule has 0 saturated heterocycles. The van der Waals surface area contributed by atoms with Gasteiger partial charge in [0.2, 0.25) is 0 Å². The predicted molar refractivity (Wildman–Crippen MR) is 86.5 cm³/mol. The number of carbonyl (C=O) groups is 3. The van der Waals surface area contributed by atoms with E-state index in [1.807, 2.05) is 0 Å². The average Bonchev–Trinajstić information content (AvgIpc) is 2.98. The molecule has 1 aromatic heterocycles. The first-order chi connectivity index (χ1) is 11.9. The zero-order chi connectivity index (χ0) is 18.4. The number of aryl methyl sites for hydroxylation is 1. The van der Waals surface area contributed by atoms with Crippen LogP contribution in [0.2, 0.25) is 0 Å². The average molecular weight is 346 g/mol. The maximum Gasteiger partial charge on any atom is 0.344 e. The van der Waals surface area contributed by atoms with Gasteiger partial charge in [-0.3, -0.25) is 4.79 Å². The molecule has 0 aliphatic heterocycles. The van der Waals surface area contributed by atoms with Gasteiger partial charge in [-0.15, -0.1) is 0 Å². The molecule has 0 unspecified atom stereocenters. The van der Waals surface area contributed by atoms with Crippen molar-refractivity contribution < 1.29 is 33.0 Å². The number of ketones is 1. The van der Waals surface area contributed by atoms with E-state index in [-0.39, 0.29) is 24.6 Å². The Bertz CT molecular complexity index is 771. The first-order valence-electron chi connectivity index (χ1n) is 7.47. The topological polar surface area (TPSA) is 92.0 Å². The molecular weight excluding hydrogens is 328 g/mol. The molecule has 7 nitrogen and oxygen atoms in total. The summed E-state index contributed by atoms with van der Waals surface area (Å²) in [5.41, 5.74) is 0.847. The lowest BCUT2D eigenvalue weighted by molar-refractivity contribution is -0.147. The van der Waals surface area contributed by atoms with Gasteiger partial charge in [-0.05, 0) is 44.2 Å².